The first kappa shape index (κ1) is 13.5. The van der Waals surface area contributed by atoms with Gasteiger partial charge in [0.2, 0.25) is 0 Å². The summed E-state index contributed by atoms with van der Waals surface area (Å²) in [6.07, 6.45) is 7.10. The lowest BCUT2D eigenvalue weighted by atomic mass is 9.77. The lowest BCUT2D eigenvalue weighted by molar-refractivity contribution is -0.0288. The van der Waals surface area contributed by atoms with E-state index in [1.54, 1.807) is 4.68 Å². The molecule has 0 spiro atoms. The highest BCUT2D eigenvalue weighted by Crippen LogP contribution is 2.33. The van der Waals surface area contributed by atoms with E-state index < -0.39 is 0 Å². The van der Waals surface area contributed by atoms with Crippen molar-refractivity contribution in [1.82, 2.24) is 20.3 Å². The molecule has 1 saturated carbocycles. The molecule has 18 heavy (non-hydrogen) atoms. The standard InChI is InChI=1S/C13H24N4O/c1-4-18-13-6-10(7-13)5-11(14-2)8-12-9-17(3)16-15-12/h9-11,13-14H,4-8H2,1-3H3. The van der Waals surface area contributed by atoms with Crippen molar-refractivity contribution in [3.63, 3.8) is 0 Å². The van der Waals surface area contributed by atoms with Crippen LogP contribution in [0.1, 0.15) is 31.9 Å². The summed E-state index contributed by atoms with van der Waals surface area (Å²) in [6.45, 7) is 2.91. The smallest absolute Gasteiger partial charge is 0.0842 e. The third-order valence-corrected chi connectivity index (χ3v) is 3.73. The van der Waals surface area contributed by atoms with E-state index in [4.69, 9.17) is 4.74 Å². The van der Waals surface area contributed by atoms with Crippen LogP contribution in [0.25, 0.3) is 0 Å². The van der Waals surface area contributed by atoms with Crippen LogP contribution in [0.3, 0.4) is 0 Å². The summed E-state index contributed by atoms with van der Waals surface area (Å²) >= 11 is 0. The van der Waals surface area contributed by atoms with E-state index in [1.807, 2.05) is 20.3 Å². The summed E-state index contributed by atoms with van der Waals surface area (Å²) in [6, 6.07) is 0.495. The van der Waals surface area contributed by atoms with Gasteiger partial charge in [-0.25, -0.2) is 0 Å². The Morgan fingerprint density at radius 1 is 1.56 bits per heavy atom. The normalized spacial score (nSPS) is 24.8. The van der Waals surface area contributed by atoms with Gasteiger partial charge in [-0.1, -0.05) is 5.21 Å². The largest absolute Gasteiger partial charge is 0.378 e. The lowest BCUT2D eigenvalue weighted by Gasteiger charge is -2.36. The van der Waals surface area contributed by atoms with Gasteiger partial charge < -0.3 is 10.1 Å². The minimum Gasteiger partial charge on any atom is -0.378 e. The fourth-order valence-electron chi connectivity index (χ4n) is 2.69. The predicted octanol–water partition coefficient (Wildman–Crippen LogP) is 1.15. The zero-order chi connectivity index (χ0) is 13.0. The van der Waals surface area contributed by atoms with Gasteiger partial charge in [-0.3, -0.25) is 4.68 Å². The quantitative estimate of drug-likeness (QED) is 0.791. The predicted molar refractivity (Wildman–Crippen MR) is 70.3 cm³/mol. The number of likely N-dealkylation sites (N-methyl/N-ethyl adjacent to an activating group) is 1. The number of hydrogen-bond acceptors (Lipinski definition) is 4. The molecule has 1 atom stereocenters. The molecule has 1 heterocycles. The van der Waals surface area contributed by atoms with E-state index in [-0.39, 0.29) is 0 Å². The Morgan fingerprint density at radius 3 is 2.89 bits per heavy atom. The highest BCUT2D eigenvalue weighted by molar-refractivity contribution is 4.97. The second-order valence-corrected chi connectivity index (χ2v) is 5.22. The summed E-state index contributed by atoms with van der Waals surface area (Å²) in [5.74, 6) is 0.802. The van der Waals surface area contributed by atoms with Crippen LogP contribution in [0.4, 0.5) is 0 Å². The SMILES string of the molecule is CCOC1CC(CC(Cc2cn(C)nn2)NC)C1. The Balaban J connectivity index is 1.73. The molecular weight excluding hydrogens is 228 g/mol. The second-order valence-electron chi connectivity index (χ2n) is 5.22. The van der Waals surface area contributed by atoms with Crippen LogP contribution in [-0.4, -0.2) is 40.8 Å². The maximum atomic E-state index is 5.60. The van der Waals surface area contributed by atoms with Crippen LogP contribution >= 0.6 is 0 Å². The first-order chi connectivity index (χ1) is 8.71. The van der Waals surface area contributed by atoms with E-state index in [2.05, 4.69) is 22.6 Å². The lowest BCUT2D eigenvalue weighted by Crippen LogP contribution is -2.38. The molecule has 0 aliphatic heterocycles. The molecule has 1 aliphatic rings. The van der Waals surface area contributed by atoms with Crippen LogP contribution < -0.4 is 5.32 Å². The van der Waals surface area contributed by atoms with Gasteiger partial charge in [0.05, 0.1) is 11.8 Å². The van der Waals surface area contributed by atoms with Gasteiger partial charge in [0.25, 0.3) is 0 Å². The summed E-state index contributed by atoms with van der Waals surface area (Å²) in [7, 11) is 3.93. The fourth-order valence-corrected chi connectivity index (χ4v) is 2.69. The summed E-state index contributed by atoms with van der Waals surface area (Å²) in [5.41, 5.74) is 1.07. The molecule has 2 rings (SSSR count). The Hall–Kier alpha value is -0.940. The Morgan fingerprint density at radius 2 is 2.33 bits per heavy atom. The van der Waals surface area contributed by atoms with Crippen molar-refractivity contribution in [3.8, 4) is 0 Å². The monoisotopic (exact) mass is 252 g/mol. The van der Waals surface area contributed by atoms with Gasteiger partial charge in [-0.2, -0.15) is 0 Å². The van der Waals surface area contributed by atoms with Gasteiger partial charge in [0.15, 0.2) is 0 Å². The van der Waals surface area contributed by atoms with Crippen LogP contribution in [0.5, 0.6) is 0 Å². The average molecular weight is 252 g/mol. The van der Waals surface area contributed by atoms with Crippen LogP contribution in [0.2, 0.25) is 0 Å². The van der Waals surface area contributed by atoms with E-state index in [1.165, 1.54) is 19.3 Å². The van der Waals surface area contributed by atoms with Crippen molar-refractivity contribution < 1.29 is 4.74 Å². The molecule has 1 aliphatic carbocycles. The number of rotatable bonds is 7. The molecule has 1 aromatic heterocycles. The third kappa shape index (κ3) is 3.53. The Bertz CT molecular complexity index is 360. The van der Waals surface area contributed by atoms with E-state index in [0.717, 1.165) is 24.6 Å². The Labute approximate surface area is 109 Å². The van der Waals surface area contributed by atoms with Crippen molar-refractivity contribution in [2.75, 3.05) is 13.7 Å². The Kier molecular flexibility index (Phi) is 4.72. The maximum absolute atomic E-state index is 5.60. The number of ether oxygens (including phenoxy) is 1. The van der Waals surface area contributed by atoms with Crippen LogP contribution in [0.15, 0.2) is 6.20 Å². The van der Waals surface area contributed by atoms with Gasteiger partial charge in [0, 0.05) is 32.3 Å². The molecule has 1 aromatic rings. The van der Waals surface area contributed by atoms with Crippen LogP contribution in [0, 0.1) is 5.92 Å². The van der Waals surface area contributed by atoms with E-state index >= 15 is 0 Å². The topological polar surface area (TPSA) is 52.0 Å². The molecule has 1 fully saturated rings. The first-order valence-corrected chi connectivity index (χ1v) is 6.85. The first-order valence-electron chi connectivity index (χ1n) is 6.85. The van der Waals surface area contributed by atoms with Crippen LogP contribution in [-0.2, 0) is 18.2 Å². The number of nitrogens with one attached hydrogen (secondary N) is 1. The molecule has 5 heteroatoms. The fraction of sp³-hybridized carbons (Fsp3) is 0.846. The van der Waals surface area contributed by atoms with Gasteiger partial charge in [-0.15, -0.1) is 5.10 Å². The van der Waals surface area contributed by atoms with E-state index in [9.17, 15) is 0 Å². The summed E-state index contributed by atoms with van der Waals surface area (Å²) in [4.78, 5) is 0. The molecule has 1 unspecified atom stereocenters. The molecule has 5 nitrogen and oxygen atoms in total. The molecule has 0 saturated heterocycles. The summed E-state index contributed by atoms with van der Waals surface area (Å²) in [5, 5.41) is 11.5. The highest BCUT2D eigenvalue weighted by Gasteiger charge is 2.31. The van der Waals surface area contributed by atoms with Gasteiger partial charge in [0.1, 0.15) is 0 Å². The van der Waals surface area contributed by atoms with Gasteiger partial charge >= 0.3 is 0 Å². The maximum Gasteiger partial charge on any atom is 0.0842 e. The zero-order valence-corrected chi connectivity index (χ0v) is 11.6. The number of nitrogens with zero attached hydrogens (tertiary/aromatic N) is 3. The number of hydrogen-bond donors (Lipinski definition) is 1. The van der Waals surface area contributed by atoms with Crippen molar-refractivity contribution in [1.29, 1.82) is 0 Å². The molecule has 0 radical (unpaired) electrons. The van der Waals surface area contributed by atoms with Gasteiger partial charge in [-0.05, 0) is 39.2 Å². The van der Waals surface area contributed by atoms with Crippen molar-refractivity contribution in [3.05, 3.63) is 11.9 Å². The average Bonchev–Trinajstić information content (AvgIpc) is 2.70. The molecule has 0 bridgehead atoms. The van der Waals surface area contributed by atoms with Crippen molar-refractivity contribution in [2.45, 2.75) is 44.8 Å². The summed E-state index contributed by atoms with van der Waals surface area (Å²) < 4.78 is 7.36. The number of aromatic nitrogens is 3. The molecule has 102 valence electrons. The number of aryl methyl sites for hydroxylation is 1. The minimum atomic E-state index is 0.495. The van der Waals surface area contributed by atoms with Crippen molar-refractivity contribution in [2.24, 2.45) is 13.0 Å². The highest BCUT2D eigenvalue weighted by atomic mass is 16.5. The minimum absolute atomic E-state index is 0.495. The van der Waals surface area contributed by atoms with Crippen molar-refractivity contribution >= 4 is 0 Å². The van der Waals surface area contributed by atoms with E-state index in [0.29, 0.717) is 12.1 Å². The molecule has 0 amide bonds. The second kappa shape index (κ2) is 6.29. The molecular formula is C13H24N4O. The third-order valence-electron chi connectivity index (χ3n) is 3.73. The molecule has 1 N–H and O–H groups in total. The molecule has 0 aromatic carbocycles. The zero-order valence-electron chi connectivity index (χ0n) is 11.6.